The molecule has 0 aliphatic rings. The molecule has 3 aromatic carbocycles. The SMILES string of the molecule is COc1ccc(-c2cc(-c3nnc(-c4ccc(Cl)cc4)o3)c3ccccc3n2)cc1. The predicted molar refractivity (Wildman–Crippen MR) is 117 cm³/mol. The summed E-state index contributed by atoms with van der Waals surface area (Å²) in [5.74, 6) is 1.67. The monoisotopic (exact) mass is 413 g/mol. The highest BCUT2D eigenvalue weighted by molar-refractivity contribution is 6.30. The quantitative estimate of drug-likeness (QED) is 0.347. The van der Waals surface area contributed by atoms with Crippen LogP contribution < -0.4 is 4.74 Å². The lowest BCUT2D eigenvalue weighted by Gasteiger charge is -2.08. The van der Waals surface area contributed by atoms with Crippen LogP contribution in [0.3, 0.4) is 0 Å². The molecule has 0 spiro atoms. The van der Waals surface area contributed by atoms with Crippen LogP contribution in [-0.2, 0) is 0 Å². The second kappa shape index (κ2) is 7.61. The van der Waals surface area contributed by atoms with Crippen LogP contribution in [0.25, 0.3) is 45.1 Å². The number of halogens is 1. The molecule has 0 fully saturated rings. The van der Waals surface area contributed by atoms with Gasteiger partial charge in [0, 0.05) is 21.5 Å². The van der Waals surface area contributed by atoms with Gasteiger partial charge < -0.3 is 9.15 Å². The number of fused-ring (bicyclic) bond motifs is 1. The number of nitrogens with zero attached hydrogens (tertiary/aromatic N) is 3. The largest absolute Gasteiger partial charge is 0.497 e. The number of para-hydroxylation sites is 1. The lowest BCUT2D eigenvalue weighted by atomic mass is 10.0. The summed E-state index contributed by atoms with van der Waals surface area (Å²) in [6, 6.07) is 25.0. The molecule has 30 heavy (non-hydrogen) atoms. The Balaban J connectivity index is 1.64. The van der Waals surface area contributed by atoms with E-state index in [4.69, 9.17) is 25.7 Å². The van der Waals surface area contributed by atoms with Crippen LogP contribution in [0.4, 0.5) is 0 Å². The molecule has 146 valence electrons. The fourth-order valence-electron chi connectivity index (χ4n) is 3.30. The van der Waals surface area contributed by atoms with Crippen molar-refractivity contribution < 1.29 is 9.15 Å². The average molecular weight is 414 g/mol. The normalized spacial score (nSPS) is 11.0. The molecule has 2 aromatic heterocycles. The number of rotatable bonds is 4. The van der Waals surface area contributed by atoms with Gasteiger partial charge in [-0.1, -0.05) is 29.8 Å². The molecular weight excluding hydrogens is 398 g/mol. The maximum Gasteiger partial charge on any atom is 0.248 e. The first-order valence-corrected chi connectivity index (χ1v) is 9.73. The Morgan fingerprint density at radius 3 is 2.27 bits per heavy atom. The molecular formula is C24H16ClN3O2. The molecule has 0 unspecified atom stereocenters. The van der Waals surface area contributed by atoms with Crippen LogP contribution in [0.1, 0.15) is 0 Å². The van der Waals surface area contributed by atoms with Crippen molar-refractivity contribution in [3.05, 3.63) is 83.9 Å². The minimum absolute atomic E-state index is 0.438. The van der Waals surface area contributed by atoms with E-state index in [0.29, 0.717) is 16.8 Å². The van der Waals surface area contributed by atoms with E-state index in [2.05, 4.69) is 10.2 Å². The highest BCUT2D eigenvalue weighted by Gasteiger charge is 2.16. The molecule has 0 saturated carbocycles. The van der Waals surface area contributed by atoms with E-state index in [9.17, 15) is 0 Å². The number of aromatic nitrogens is 3. The topological polar surface area (TPSA) is 61.0 Å². The van der Waals surface area contributed by atoms with Crippen LogP contribution in [0.2, 0.25) is 5.02 Å². The number of hydrogen-bond acceptors (Lipinski definition) is 5. The van der Waals surface area contributed by atoms with Gasteiger partial charge in [0.05, 0.1) is 23.9 Å². The molecule has 0 atom stereocenters. The Hall–Kier alpha value is -3.70. The second-order valence-electron chi connectivity index (χ2n) is 6.72. The first-order chi connectivity index (χ1) is 14.7. The highest BCUT2D eigenvalue weighted by atomic mass is 35.5. The van der Waals surface area contributed by atoms with Gasteiger partial charge in [-0.3, -0.25) is 0 Å². The van der Waals surface area contributed by atoms with E-state index in [0.717, 1.165) is 39.0 Å². The summed E-state index contributed by atoms with van der Waals surface area (Å²) in [4.78, 5) is 4.82. The predicted octanol–water partition coefficient (Wildman–Crippen LogP) is 6.28. The van der Waals surface area contributed by atoms with Crippen molar-refractivity contribution in [3.8, 4) is 39.9 Å². The summed E-state index contributed by atoms with van der Waals surface area (Å²) in [7, 11) is 1.65. The average Bonchev–Trinajstić information content (AvgIpc) is 3.29. The van der Waals surface area contributed by atoms with Crippen molar-refractivity contribution in [2.24, 2.45) is 0 Å². The Morgan fingerprint density at radius 2 is 1.50 bits per heavy atom. The first-order valence-electron chi connectivity index (χ1n) is 9.35. The summed E-state index contributed by atoms with van der Waals surface area (Å²) >= 11 is 5.98. The maximum absolute atomic E-state index is 6.02. The van der Waals surface area contributed by atoms with Gasteiger partial charge in [-0.2, -0.15) is 0 Å². The van der Waals surface area contributed by atoms with Crippen LogP contribution in [-0.4, -0.2) is 22.3 Å². The smallest absolute Gasteiger partial charge is 0.248 e. The molecule has 6 heteroatoms. The molecule has 5 nitrogen and oxygen atoms in total. The van der Waals surface area contributed by atoms with Gasteiger partial charge in [-0.15, -0.1) is 10.2 Å². The summed E-state index contributed by atoms with van der Waals surface area (Å²) in [6.45, 7) is 0. The van der Waals surface area contributed by atoms with Crippen LogP contribution >= 0.6 is 11.6 Å². The third-order valence-electron chi connectivity index (χ3n) is 4.85. The summed E-state index contributed by atoms with van der Waals surface area (Å²) in [6.07, 6.45) is 0. The molecule has 0 aliphatic heterocycles. The Bertz CT molecular complexity index is 1330. The van der Waals surface area contributed by atoms with E-state index >= 15 is 0 Å². The van der Waals surface area contributed by atoms with Gasteiger partial charge in [0.2, 0.25) is 11.8 Å². The molecule has 0 amide bonds. The number of hydrogen-bond donors (Lipinski definition) is 0. The summed E-state index contributed by atoms with van der Waals surface area (Å²) in [5.41, 5.74) is 4.29. The van der Waals surface area contributed by atoms with Crippen molar-refractivity contribution in [2.75, 3.05) is 7.11 Å². The molecule has 0 N–H and O–H groups in total. The van der Waals surface area contributed by atoms with Gasteiger partial charge in [0.15, 0.2) is 0 Å². The summed E-state index contributed by atoms with van der Waals surface area (Å²) < 4.78 is 11.3. The Labute approximate surface area is 177 Å². The number of benzene rings is 3. The van der Waals surface area contributed by atoms with Crippen molar-refractivity contribution in [1.29, 1.82) is 0 Å². The number of pyridine rings is 1. The molecule has 0 bridgehead atoms. The zero-order chi connectivity index (χ0) is 20.5. The maximum atomic E-state index is 6.02. The van der Waals surface area contributed by atoms with E-state index in [1.54, 1.807) is 19.2 Å². The van der Waals surface area contributed by atoms with E-state index < -0.39 is 0 Å². The standard InChI is InChI=1S/C24H16ClN3O2/c1-29-18-12-8-15(9-13-18)22-14-20(19-4-2-3-5-21(19)26-22)24-28-27-23(30-24)16-6-10-17(25)11-7-16/h2-14H,1H3. The fraction of sp³-hybridized carbons (Fsp3) is 0.0417. The van der Waals surface area contributed by atoms with Crippen LogP contribution in [0, 0.1) is 0 Å². The van der Waals surface area contributed by atoms with Gasteiger partial charge in [-0.25, -0.2) is 4.98 Å². The van der Waals surface area contributed by atoms with Crippen molar-refractivity contribution in [3.63, 3.8) is 0 Å². The van der Waals surface area contributed by atoms with E-state index in [-0.39, 0.29) is 0 Å². The molecule has 0 saturated heterocycles. The lowest BCUT2D eigenvalue weighted by Crippen LogP contribution is -1.90. The van der Waals surface area contributed by atoms with Crippen molar-refractivity contribution in [1.82, 2.24) is 15.2 Å². The van der Waals surface area contributed by atoms with Gasteiger partial charge in [0.1, 0.15) is 5.75 Å². The Kier molecular flexibility index (Phi) is 4.65. The highest BCUT2D eigenvalue weighted by Crippen LogP contribution is 2.33. The number of ether oxygens (including phenoxy) is 1. The molecule has 5 aromatic rings. The zero-order valence-corrected chi connectivity index (χ0v) is 16.8. The van der Waals surface area contributed by atoms with Gasteiger partial charge in [0.25, 0.3) is 0 Å². The molecule has 5 rings (SSSR count). The van der Waals surface area contributed by atoms with Gasteiger partial charge in [-0.05, 0) is 60.7 Å². The molecule has 2 heterocycles. The van der Waals surface area contributed by atoms with Gasteiger partial charge >= 0.3 is 0 Å². The van der Waals surface area contributed by atoms with Crippen LogP contribution in [0.15, 0.2) is 83.3 Å². The minimum atomic E-state index is 0.438. The van der Waals surface area contributed by atoms with Crippen molar-refractivity contribution in [2.45, 2.75) is 0 Å². The summed E-state index contributed by atoms with van der Waals surface area (Å²) in [5, 5.41) is 10.1. The lowest BCUT2D eigenvalue weighted by molar-refractivity contribution is 0.415. The van der Waals surface area contributed by atoms with Crippen molar-refractivity contribution >= 4 is 22.5 Å². The minimum Gasteiger partial charge on any atom is -0.497 e. The Morgan fingerprint density at radius 1 is 0.800 bits per heavy atom. The van der Waals surface area contributed by atoms with Crippen LogP contribution in [0.5, 0.6) is 5.75 Å². The first kappa shape index (κ1) is 18.3. The number of methoxy groups -OCH3 is 1. The van der Waals surface area contributed by atoms with E-state index in [1.807, 2.05) is 66.7 Å². The molecule has 0 aliphatic carbocycles. The third-order valence-corrected chi connectivity index (χ3v) is 5.10. The third kappa shape index (κ3) is 3.40. The molecule has 0 radical (unpaired) electrons. The second-order valence-corrected chi connectivity index (χ2v) is 7.16. The zero-order valence-electron chi connectivity index (χ0n) is 16.0. The fourth-order valence-corrected chi connectivity index (χ4v) is 3.43. The van der Waals surface area contributed by atoms with E-state index in [1.165, 1.54) is 0 Å².